The van der Waals surface area contributed by atoms with E-state index in [1.807, 2.05) is 84.9 Å². The van der Waals surface area contributed by atoms with Gasteiger partial charge in [0.25, 0.3) is 19.8 Å². The number of methoxy groups -OCH3 is 1. The molecule has 0 aliphatic carbocycles. The number of aromatic nitrogens is 2. The van der Waals surface area contributed by atoms with E-state index in [-0.39, 0.29) is 30.8 Å². The van der Waals surface area contributed by atoms with Crippen molar-refractivity contribution < 1.29 is 28.2 Å². The van der Waals surface area contributed by atoms with E-state index >= 15 is 0 Å². The van der Waals surface area contributed by atoms with E-state index in [0.717, 1.165) is 22.3 Å². The van der Waals surface area contributed by atoms with Gasteiger partial charge in [-0.15, -0.1) is 0 Å². The van der Waals surface area contributed by atoms with E-state index in [9.17, 15) is 19.7 Å². The molecule has 1 N–H and O–H groups in total. The van der Waals surface area contributed by atoms with Gasteiger partial charge >= 0.3 is 5.69 Å². The molecule has 2 heterocycles. The zero-order valence-corrected chi connectivity index (χ0v) is 34.5. The van der Waals surface area contributed by atoms with Crippen LogP contribution in [-0.4, -0.2) is 63.8 Å². The average molecular weight is 811 g/mol. The Labute approximate surface area is 339 Å². The molecule has 1 aliphatic rings. The Bertz CT molecular complexity index is 2170. The summed E-state index contributed by atoms with van der Waals surface area (Å²) >= 11 is 0. The Morgan fingerprint density at radius 3 is 2.03 bits per heavy atom. The summed E-state index contributed by atoms with van der Waals surface area (Å²) in [6.07, 6.45) is 0.188. The minimum atomic E-state index is -1.71. The molecule has 0 amide bonds. The highest BCUT2D eigenvalue weighted by Gasteiger charge is 2.45. The van der Waals surface area contributed by atoms with Gasteiger partial charge in [-0.3, -0.25) is 24.5 Å². The number of hydrogen-bond acceptors (Lipinski definition) is 10. The normalized spacial score (nSPS) is 17.6. The number of nitrogens with one attached hydrogen (secondary N) is 1. The van der Waals surface area contributed by atoms with Gasteiger partial charge in [-0.05, 0) is 75.4 Å². The van der Waals surface area contributed by atoms with Crippen LogP contribution in [0.2, 0.25) is 0 Å². The maximum atomic E-state index is 13.2. The van der Waals surface area contributed by atoms with Crippen LogP contribution in [0.1, 0.15) is 68.2 Å². The highest BCUT2D eigenvalue weighted by atomic mass is 31.2. The number of non-ortho nitro benzene ring substituents is 1. The zero-order valence-electron chi connectivity index (χ0n) is 33.6. The van der Waals surface area contributed by atoms with E-state index in [1.165, 1.54) is 22.9 Å². The second-order valence-corrected chi connectivity index (χ2v) is 16.2. The molecular weight excluding hydrogens is 759 g/mol. The Balaban J connectivity index is 1.37. The molecule has 14 heteroatoms. The molecule has 1 aromatic heterocycles. The van der Waals surface area contributed by atoms with Crippen molar-refractivity contribution in [3.63, 3.8) is 0 Å². The summed E-state index contributed by atoms with van der Waals surface area (Å²) in [6.45, 7) is 10.3. The second-order valence-electron chi connectivity index (χ2n) is 14.8. The highest BCUT2D eigenvalue weighted by molar-refractivity contribution is 7.44. The van der Waals surface area contributed by atoms with Crippen LogP contribution in [0.3, 0.4) is 0 Å². The van der Waals surface area contributed by atoms with E-state index in [2.05, 4.69) is 37.3 Å². The number of rotatable bonds is 18. The lowest BCUT2D eigenvalue weighted by atomic mass is 9.80. The van der Waals surface area contributed by atoms with Gasteiger partial charge in [0, 0.05) is 42.4 Å². The zero-order chi connectivity index (χ0) is 41.4. The average Bonchev–Trinajstić information content (AvgIpc) is 3.62. The predicted molar refractivity (Wildman–Crippen MR) is 223 cm³/mol. The van der Waals surface area contributed by atoms with Crippen molar-refractivity contribution in [3.05, 3.63) is 174 Å². The maximum Gasteiger partial charge on any atom is 0.330 e. The Morgan fingerprint density at radius 2 is 1.48 bits per heavy atom. The number of aromatic amines is 1. The molecule has 0 radical (unpaired) electrons. The molecule has 1 aliphatic heterocycles. The quantitative estimate of drug-likeness (QED) is 0.0399. The SMILES string of the molecule is COc1ccc(C(OC[C@H]2O[C@@H](n3cc(C)c(=O)[nH]c3=O)C[C@@H]2OP(OCCc2ccc([N+](=O)[O-])cc2)N(C(C)C)C(C)C)(c2ccccc2)c2ccccc2)cc1. The monoisotopic (exact) mass is 810 g/mol. The van der Waals surface area contributed by atoms with Gasteiger partial charge in [-0.25, -0.2) is 9.46 Å². The number of nitro groups is 1. The van der Waals surface area contributed by atoms with Gasteiger partial charge in [0.05, 0.1) is 31.4 Å². The summed E-state index contributed by atoms with van der Waals surface area (Å²) in [5.74, 6) is 0.706. The molecule has 5 aromatic rings. The van der Waals surface area contributed by atoms with Crippen LogP contribution >= 0.6 is 8.53 Å². The Morgan fingerprint density at radius 1 is 0.897 bits per heavy atom. The van der Waals surface area contributed by atoms with Crippen molar-refractivity contribution in [2.45, 2.75) is 83.6 Å². The highest BCUT2D eigenvalue weighted by Crippen LogP contribution is 2.50. The van der Waals surface area contributed by atoms with Gasteiger partial charge in [-0.1, -0.05) is 84.9 Å². The first-order valence-electron chi connectivity index (χ1n) is 19.4. The third-order valence-corrected chi connectivity index (χ3v) is 12.3. The summed E-state index contributed by atoms with van der Waals surface area (Å²) in [5.41, 5.74) is 1.80. The van der Waals surface area contributed by atoms with Crippen molar-refractivity contribution in [3.8, 4) is 5.75 Å². The number of benzene rings is 4. The molecule has 13 nitrogen and oxygen atoms in total. The van der Waals surface area contributed by atoms with E-state index in [4.69, 9.17) is 23.3 Å². The lowest BCUT2D eigenvalue weighted by Gasteiger charge is -2.39. The van der Waals surface area contributed by atoms with Crippen LogP contribution in [0, 0.1) is 17.0 Å². The number of nitro benzene ring substituents is 1. The molecule has 0 bridgehead atoms. The number of nitrogens with zero attached hydrogens (tertiary/aromatic N) is 3. The summed E-state index contributed by atoms with van der Waals surface area (Å²) < 4.78 is 36.7. The van der Waals surface area contributed by atoms with E-state index in [1.54, 1.807) is 26.2 Å². The largest absolute Gasteiger partial charge is 0.497 e. The lowest BCUT2D eigenvalue weighted by molar-refractivity contribution is -0.384. The molecule has 1 saturated heterocycles. The third kappa shape index (κ3) is 9.64. The first kappa shape index (κ1) is 42.6. The smallest absolute Gasteiger partial charge is 0.330 e. The number of ether oxygens (including phenoxy) is 3. The lowest BCUT2D eigenvalue weighted by Crippen LogP contribution is -2.39. The molecule has 0 spiro atoms. The minimum Gasteiger partial charge on any atom is -0.497 e. The first-order valence-corrected chi connectivity index (χ1v) is 20.5. The third-order valence-electron chi connectivity index (χ3n) is 10.2. The van der Waals surface area contributed by atoms with Gasteiger partial charge in [0.2, 0.25) is 0 Å². The molecule has 58 heavy (non-hydrogen) atoms. The molecule has 0 saturated carbocycles. The van der Waals surface area contributed by atoms with Crippen LogP contribution in [0.25, 0.3) is 0 Å². The molecule has 306 valence electrons. The fraction of sp³-hybridized carbons (Fsp3) is 0.364. The van der Waals surface area contributed by atoms with Gasteiger partial charge in [0.1, 0.15) is 23.7 Å². The number of H-pyrrole nitrogens is 1. The molecular formula is C44H51N4O9P. The van der Waals surface area contributed by atoms with Gasteiger partial charge < -0.3 is 23.3 Å². The predicted octanol–water partition coefficient (Wildman–Crippen LogP) is 8.05. The summed E-state index contributed by atoms with van der Waals surface area (Å²) in [6, 6.07) is 34.3. The van der Waals surface area contributed by atoms with Crippen molar-refractivity contribution in [2.75, 3.05) is 20.3 Å². The van der Waals surface area contributed by atoms with Crippen LogP contribution < -0.4 is 16.0 Å². The fourth-order valence-corrected chi connectivity index (χ4v) is 9.09. The summed E-state index contributed by atoms with van der Waals surface area (Å²) in [7, 11) is -0.0767. The topological polar surface area (TPSA) is 147 Å². The summed E-state index contributed by atoms with van der Waals surface area (Å²) in [4.78, 5) is 38.8. The van der Waals surface area contributed by atoms with Crippen molar-refractivity contribution in [2.24, 2.45) is 0 Å². The minimum absolute atomic E-state index is 0.0254. The van der Waals surface area contributed by atoms with E-state index in [0.29, 0.717) is 24.3 Å². The number of aryl methyl sites for hydroxylation is 1. The standard InChI is InChI=1S/C44H51N4O9P/c1-30(2)47(31(3)4)58(55-26-25-33-17-21-37(22-18-33)48(51)52)57-39-27-41(46-28-32(5)42(49)45-43(46)50)56-40(39)29-54-44(34-13-9-7-10-14-34,35-15-11-8-12-16-35)36-19-23-38(53-6)24-20-36/h7-24,28,30-31,39-41H,25-27,29H2,1-6H3,(H,45,49,50)/t39-,40+,41+,58?/m0/s1. The first-order chi connectivity index (χ1) is 27.9. The molecule has 1 fully saturated rings. The van der Waals surface area contributed by atoms with Gasteiger partial charge in [-0.2, -0.15) is 0 Å². The molecule has 4 atom stereocenters. The Hall–Kier alpha value is -5.01. The van der Waals surface area contributed by atoms with E-state index < -0.39 is 48.7 Å². The number of hydrogen-bond donors (Lipinski definition) is 1. The molecule has 4 aromatic carbocycles. The summed E-state index contributed by atoms with van der Waals surface area (Å²) in [5, 5.41) is 11.2. The second kappa shape index (κ2) is 19.2. The fourth-order valence-electron chi connectivity index (χ4n) is 7.33. The van der Waals surface area contributed by atoms with Crippen molar-refractivity contribution in [1.29, 1.82) is 0 Å². The van der Waals surface area contributed by atoms with Crippen LogP contribution in [0.5, 0.6) is 5.75 Å². The molecule has 6 rings (SSSR count). The molecule has 1 unspecified atom stereocenters. The Kier molecular flexibility index (Phi) is 14.1. The van der Waals surface area contributed by atoms with Crippen molar-refractivity contribution in [1.82, 2.24) is 14.2 Å². The van der Waals surface area contributed by atoms with Gasteiger partial charge in [0.15, 0.2) is 0 Å². The van der Waals surface area contributed by atoms with Crippen LogP contribution in [0.15, 0.2) is 125 Å². The van der Waals surface area contributed by atoms with Crippen LogP contribution in [0.4, 0.5) is 5.69 Å². The van der Waals surface area contributed by atoms with Crippen molar-refractivity contribution >= 4 is 14.2 Å². The van der Waals surface area contributed by atoms with Crippen LogP contribution in [-0.2, 0) is 30.5 Å². The maximum absolute atomic E-state index is 13.2.